The number of alkyl carbamates (subject to hydrolysis) is 1. The molecule has 0 unspecified atom stereocenters. The summed E-state index contributed by atoms with van der Waals surface area (Å²) < 4.78 is 7.11. The molecule has 12 heteroatoms. The molecule has 4 aromatic rings. The van der Waals surface area contributed by atoms with Crippen LogP contribution in [0, 0.1) is 5.41 Å². The number of aromatic nitrogens is 3. The lowest BCUT2D eigenvalue weighted by atomic mass is 10.1. The number of aryl methyl sites for hydroxylation is 1. The van der Waals surface area contributed by atoms with Gasteiger partial charge < -0.3 is 19.7 Å². The van der Waals surface area contributed by atoms with Crippen molar-refractivity contribution < 1.29 is 24.2 Å². The third-order valence-electron chi connectivity index (χ3n) is 7.50. The van der Waals surface area contributed by atoms with Crippen LogP contribution in [0.15, 0.2) is 66.9 Å². The predicted molar refractivity (Wildman–Crippen MR) is 177 cm³/mol. The fourth-order valence-corrected chi connectivity index (χ4v) is 4.92. The van der Waals surface area contributed by atoms with Crippen LogP contribution in [0.4, 0.5) is 16.3 Å². The van der Waals surface area contributed by atoms with E-state index in [2.05, 4.69) is 22.5 Å². The lowest BCUT2D eigenvalue weighted by molar-refractivity contribution is -0.137. The average Bonchev–Trinajstić information content (AvgIpc) is 3.38. The molecule has 4 N–H and O–H groups in total. The first-order chi connectivity index (χ1) is 22.3. The SMILES string of the molecule is CCCCCCOC(=O)NC(=N)c1ccc(NCc2nc3cc(C(=O)N(CCCCC(=O)O)c4ccccn4)ccc3n2C)cc1. The zero-order valence-electron chi connectivity index (χ0n) is 26.3. The molecule has 0 aliphatic rings. The summed E-state index contributed by atoms with van der Waals surface area (Å²) >= 11 is 0. The van der Waals surface area contributed by atoms with E-state index in [1.807, 2.05) is 35.9 Å². The van der Waals surface area contributed by atoms with E-state index in [1.165, 1.54) is 0 Å². The van der Waals surface area contributed by atoms with Crippen LogP contribution in [0.25, 0.3) is 11.0 Å². The van der Waals surface area contributed by atoms with Crippen molar-refractivity contribution in [1.82, 2.24) is 19.9 Å². The van der Waals surface area contributed by atoms with Gasteiger partial charge in [0, 0.05) is 43.0 Å². The number of imidazole rings is 1. The normalized spacial score (nSPS) is 10.8. The highest BCUT2D eigenvalue weighted by molar-refractivity contribution is 6.07. The van der Waals surface area contributed by atoms with Gasteiger partial charge in [0.1, 0.15) is 17.5 Å². The lowest BCUT2D eigenvalue weighted by Gasteiger charge is -2.21. The highest BCUT2D eigenvalue weighted by atomic mass is 16.5. The minimum Gasteiger partial charge on any atom is -0.481 e. The predicted octanol–water partition coefficient (Wildman–Crippen LogP) is 6.11. The summed E-state index contributed by atoms with van der Waals surface area (Å²) in [5.74, 6) is 0.131. The third kappa shape index (κ3) is 9.37. The molecule has 0 saturated heterocycles. The summed E-state index contributed by atoms with van der Waals surface area (Å²) in [5, 5.41) is 23.0. The van der Waals surface area contributed by atoms with Gasteiger partial charge in [-0.2, -0.15) is 0 Å². The van der Waals surface area contributed by atoms with E-state index in [-0.39, 0.29) is 18.2 Å². The van der Waals surface area contributed by atoms with Crippen LogP contribution in [0.1, 0.15) is 73.6 Å². The number of unbranched alkanes of at least 4 members (excludes halogenated alkanes) is 4. The number of ether oxygens (including phenoxy) is 1. The first-order valence-corrected chi connectivity index (χ1v) is 15.5. The Hall–Kier alpha value is -5.26. The number of pyridine rings is 1. The van der Waals surface area contributed by atoms with Crippen LogP contribution in [0.3, 0.4) is 0 Å². The summed E-state index contributed by atoms with van der Waals surface area (Å²) in [6.07, 6.45) is 6.05. The third-order valence-corrected chi connectivity index (χ3v) is 7.50. The molecule has 0 saturated carbocycles. The van der Waals surface area contributed by atoms with Crippen LogP contribution in [-0.4, -0.2) is 56.6 Å². The fourth-order valence-electron chi connectivity index (χ4n) is 4.92. The van der Waals surface area contributed by atoms with Gasteiger partial charge >= 0.3 is 12.1 Å². The van der Waals surface area contributed by atoms with Gasteiger partial charge in [-0.1, -0.05) is 32.3 Å². The molecule has 2 aromatic carbocycles. The number of nitrogens with zero attached hydrogens (tertiary/aromatic N) is 4. The van der Waals surface area contributed by atoms with Crippen molar-refractivity contribution in [3.8, 4) is 0 Å². The number of nitrogens with one attached hydrogen (secondary N) is 3. The summed E-state index contributed by atoms with van der Waals surface area (Å²) in [6.45, 7) is 3.21. The van der Waals surface area contributed by atoms with Gasteiger partial charge in [-0.25, -0.2) is 14.8 Å². The molecule has 242 valence electrons. The van der Waals surface area contributed by atoms with Crippen molar-refractivity contribution in [2.24, 2.45) is 7.05 Å². The fraction of sp³-hybridized carbons (Fsp3) is 0.353. The maximum absolute atomic E-state index is 13.6. The molecule has 2 heterocycles. The highest BCUT2D eigenvalue weighted by Gasteiger charge is 2.20. The number of hydrogen-bond donors (Lipinski definition) is 4. The van der Waals surface area contributed by atoms with Crippen molar-refractivity contribution in [1.29, 1.82) is 5.41 Å². The average molecular weight is 628 g/mol. The van der Waals surface area contributed by atoms with Crippen LogP contribution in [-0.2, 0) is 23.1 Å². The minimum atomic E-state index is -0.862. The van der Waals surface area contributed by atoms with E-state index >= 15 is 0 Å². The van der Waals surface area contributed by atoms with Crippen LogP contribution >= 0.6 is 0 Å². The summed E-state index contributed by atoms with van der Waals surface area (Å²) in [5.41, 5.74) is 3.36. The number of hydrogen-bond acceptors (Lipinski definition) is 8. The van der Waals surface area contributed by atoms with Crippen LogP contribution in [0.5, 0.6) is 0 Å². The number of fused-ring (bicyclic) bond motifs is 1. The Morgan fingerprint density at radius 1 is 0.978 bits per heavy atom. The van der Waals surface area contributed by atoms with Crippen molar-refractivity contribution in [2.45, 2.75) is 58.4 Å². The van der Waals surface area contributed by atoms with Gasteiger partial charge in [-0.05, 0) is 73.9 Å². The Balaban J connectivity index is 1.37. The molecule has 12 nitrogen and oxygen atoms in total. The number of carboxylic acid groups (broad SMARTS) is 1. The molecule has 0 radical (unpaired) electrons. The Labute approximate surface area is 268 Å². The van der Waals surface area contributed by atoms with E-state index in [4.69, 9.17) is 20.2 Å². The number of amidine groups is 1. The Bertz CT molecular complexity index is 1640. The Morgan fingerprint density at radius 3 is 2.48 bits per heavy atom. The van der Waals surface area contributed by atoms with Crippen LogP contribution < -0.4 is 15.5 Å². The van der Waals surface area contributed by atoms with E-state index in [0.717, 1.165) is 42.7 Å². The lowest BCUT2D eigenvalue weighted by Crippen LogP contribution is -2.32. The van der Waals surface area contributed by atoms with Crippen molar-refractivity contribution in [2.75, 3.05) is 23.4 Å². The van der Waals surface area contributed by atoms with Crippen LogP contribution in [0.2, 0.25) is 0 Å². The topological polar surface area (TPSA) is 163 Å². The van der Waals surface area contributed by atoms with E-state index < -0.39 is 12.1 Å². The second-order valence-electron chi connectivity index (χ2n) is 10.9. The van der Waals surface area contributed by atoms with Gasteiger partial charge in [-0.15, -0.1) is 0 Å². The maximum atomic E-state index is 13.6. The van der Waals surface area contributed by atoms with E-state index in [0.29, 0.717) is 55.0 Å². The molecule has 0 aliphatic carbocycles. The summed E-state index contributed by atoms with van der Waals surface area (Å²) in [7, 11) is 1.91. The summed E-state index contributed by atoms with van der Waals surface area (Å²) in [6, 6.07) is 17.9. The number of anilines is 2. The number of rotatable bonds is 16. The number of carboxylic acids is 1. The molecule has 2 aromatic heterocycles. The highest BCUT2D eigenvalue weighted by Crippen LogP contribution is 2.22. The van der Waals surface area contributed by atoms with Crippen molar-refractivity contribution >= 4 is 46.3 Å². The van der Waals surface area contributed by atoms with E-state index in [9.17, 15) is 14.4 Å². The van der Waals surface area contributed by atoms with Gasteiger partial charge in [0.25, 0.3) is 5.91 Å². The molecular formula is C34H41N7O5. The monoisotopic (exact) mass is 627 g/mol. The minimum absolute atomic E-state index is 0.0346. The number of carbonyl (C=O) groups is 3. The molecule has 0 bridgehead atoms. The Morgan fingerprint density at radius 2 is 1.76 bits per heavy atom. The standard InChI is InChI=1S/C34H41N7O5/c1-3-4-5-10-21-46-34(45)39-32(35)24-13-16-26(17-14-24)37-23-30-38-27-22-25(15-18-28(27)40(30)2)33(44)41(20-9-7-12-31(42)43)29-11-6-8-19-36-29/h6,8,11,13-19,22,37H,3-5,7,9-10,12,20-21,23H2,1-2H3,(H,42,43)(H2,35,39,45). The summed E-state index contributed by atoms with van der Waals surface area (Å²) in [4.78, 5) is 47.2. The van der Waals surface area contributed by atoms with E-state index in [1.54, 1.807) is 47.5 Å². The molecule has 2 amide bonds. The zero-order chi connectivity index (χ0) is 32.9. The number of benzene rings is 2. The largest absolute Gasteiger partial charge is 0.481 e. The smallest absolute Gasteiger partial charge is 0.412 e. The van der Waals surface area contributed by atoms with Gasteiger partial charge in [0.05, 0.1) is 24.2 Å². The van der Waals surface area contributed by atoms with Crippen molar-refractivity contribution in [3.63, 3.8) is 0 Å². The Kier molecular flexibility index (Phi) is 12.2. The maximum Gasteiger partial charge on any atom is 0.412 e. The molecule has 0 atom stereocenters. The molecule has 0 spiro atoms. The van der Waals surface area contributed by atoms with Gasteiger partial charge in [0.15, 0.2) is 0 Å². The number of carbonyl (C=O) groups excluding carboxylic acids is 2. The quantitative estimate of drug-likeness (QED) is 0.0657. The first-order valence-electron chi connectivity index (χ1n) is 15.5. The number of aliphatic carboxylic acids is 1. The van der Waals surface area contributed by atoms with Gasteiger partial charge in [-0.3, -0.25) is 25.2 Å². The second-order valence-corrected chi connectivity index (χ2v) is 10.9. The molecule has 0 fully saturated rings. The van der Waals surface area contributed by atoms with Crippen molar-refractivity contribution in [3.05, 3.63) is 83.8 Å². The second kappa shape index (κ2) is 16.7. The zero-order valence-corrected chi connectivity index (χ0v) is 26.3. The molecule has 0 aliphatic heterocycles. The first kappa shape index (κ1) is 33.6. The molecule has 46 heavy (non-hydrogen) atoms. The number of amides is 2. The molecule has 4 rings (SSSR count). The molecular weight excluding hydrogens is 586 g/mol. The van der Waals surface area contributed by atoms with Gasteiger partial charge in [0.2, 0.25) is 0 Å².